The standard InChI is InChI=1S/C13H22N4/c1-4-12-9(2)15-10(3)16-13(12)17-7-5-11(14)6-8-17/h11H,4-8,14H2,1-3H3. The number of rotatable bonds is 2. The molecular weight excluding hydrogens is 212 g/mol. The normalized spacial score (nSPS) is 17.5. The molecule has 17 heavy (non-hydrogen) atoms. The van der Waals surface area contributed by atoms with Crippen LogP contribution in [-0.2, 0) is 6.42 Å². The molecule has 1 aliphatic heterocycles. The lowest BCUT2D eigenvalue weighted by molar-refractivity contribution is 0.497. The highest BCUT2D eigenvalue weighted by atomic mass is 15.2. The van der Waals surface area contributed by atoms with Gasteiger partial charge in [0, 0.05) is 30.4 Å². The van der Waals surface area contributed by atoms with Crippen LogP contribution in [0, 0.1) is 13.8 Å². The zero-order valence-electron chi connectivity index (χ0n) is 11.0. The average Bonchev–Trinajstić information content (AvgIpc) is 2.29. The lowest BCUT2D eigenvalue weighted by Crippen LogP contribution is -2.40. The fourth-order valence-corrected chi connectivity index (χ4v) is 2.50. The molecule has 1 fully saturated rings. The van der Waals surface area contributed by atoms with Gasteiger partial charge in [-0.1, -0.05) is 6.92 Å². The van der Waals surface area contributed by atoms with E-state index in [0.29, 0.717) is 6.04 Å². The molecule has 1 aromatic heterocycles. The monoisotopic (exact) mass is 234 g/mol. The molecule has 2 N–H and O–H groups in total. The number of piperidine rings is 1. The van der Waals surface area contributed by atoms with Crippen LogP contribution >= 0.6 is 0 Å². The fraction of sp³-hybridized carbons (Fsp3) is 0.692. The summed E-state index contributed by atoms with van der Waals surface area (Å²) in [4.78, 5) is 11.4. The molecule has 0 bridgehead atoms. The molecule has 0 radical (unpaired) electrons. The Morgan fingerprint density at radius 3 is 2.47 bits per heavy atom. The maximum atomic E-state index is 5.95. The van der Waals surface area contributed by atoms with E-state index in [4.69, 9.17) is 5.73 Å². The molecule has 4 nitrogen and oxygen atoms in total. The molecule has 94 valence electrons. The first-order valence-electron chi connectivity index (χ1n) is 6.46. The summed E-state index contributed by atoms with van der Waals surface area (Å²) < 4.78 is 0. The Labute approximate surface area is 103 Å². The summed E-state index contributed by atoms with van der Waals surface area (Å²) in [5, 5.41) is 0. The minimum atomic E-state index is 0.361. The molecule has 0 atom stereocenters. The number of nitrogens with two attached hydrogens (primary N) is 1. The molecule has 0 spiro atoms. The summed E-state index contributed by atoms with van der Waals surface area (Å²) in [6.07, 6.45) is 3.11. The van der Waals surface area contributed by atoms with E-state index in [2.05, 4.69) is 28.7 Å². The van der Waals surface area contributed by atoms with Crippen molar-refractivity contribution in [3.63, 3.8) is 0 Å². The fourth-order valence-electron chi connectivity index (χ4n) is 2.50. The third kappa shape index (κ3) is 2.57. The van der Waals surface area contributed by atoms with Crippen molar-refractivity contribution >= 4 is 5.82 Å². The number of aryl methyl sites for hydroxylation is 2. The Kier molecular flexibility index (Phi) is 3.62. The van der Waals surface area contributed by atoms with Gasteiger partial charge < -0.3 is 10.6 Å². The van der Waals surface area contributed by atoms with Gasteiger partial charge in [0.05, 0.1) is 0 Å². The van der Waals surface area contributed by atoms with Gasteiger partial charge in [0.2, 0.25) is 0 Å². The molecule has 0 aromatic carbocycles. The van der Waals surface area contributed by atoms with Crippen LogP contribution in [0.4, 0.5) is 5.82 Å². The first-order valence-corrected chi connectivity index (χ1v) is 6.46. The topological polar surface area (TPSA) is 55.0 Å². The van der Waals surface area contributed by atoms with Crippen LogP contribution in [0.25, 0.3) is 0 Å². The lowest BCUT2D eigenvalue weighted by atomic mass is 10.0. The van der Waals surface area contributed by atoms with Gasteiger partial charge in [-0.15, -0.1) is 0 Å². The highest BCUT2D eigenvalue weighted by Gasteiger charge is 2.20. The van der Waals surface area contributed by atoms with Crippen LogP contribution in [0.3, 0.4) is 0 Å². The maximum absolute atomic E-state index is 5.95. The largest absolute Gasteiger partial charge is 0.356 e. The number of nitrogens with zero attached hydrogens (tertiary/aromatic N) is 3. The van der Waals surface area contributed by atoms with Crippen LogP contribution in [0.5, 0.6) is 0 Å². The second-order valence-electron chi connectivity index (χ2n) is 4.84. The van der Waals surface area contributed by atoms with E-state index in [1.807, 2.05) is 6.92 Å². The van der Waals surface area contributed by atoms with E-state index in [1.54, 1.807) is 0 Å². The zero-order valence-corrected chi connectivity index (χ0v) is 11.0. The van der Waals surface area contributed by atoms with Gasteiger partial charge >= 0.3 is 0 Å². The summed E-state index contributed by atoms with van der Waals surface area (Å²) in [5.74, 6) is 1.99. The Morgan fingerprint density at radius 2 is 1.88 bits per heavy atom. The summed E-state index contributed by atoms with van der Waals surface area (Å²) in [5.41, 5.74) is 8.34. The summed E-state index contributed by atoms with van der Waals surface area (Å²) in [6.45, 7) is 8.24. The van der Waals surface area contributed by atoms with Crippen molar-refractivity contribution in [2.45, 2.75) is 46.1 Å². The van der Waals surface area contributed by atoms with Gasteiger partial charge in [0.15, 0.2) is 0 Å². The quantitative estimate of drug-likeness (QED) is 0.844. The van der Waals surface area contributed by atoms with E-state index in [-0.39, 0.29) is 0 Å². The van der Waals surface area contributed by atoms with Crippen molar-refractivity contribution in [1.82, 2.24) is 9.97 Å². The molecule has 0 aliphatic carbocycles. The van der Waals surface area contributed by atoms with Gasteiger partial charge in [-0.05, 0) is 33.1 Å². The molecule has 1 aliphatic rings. The van der Waals surface area contributed by atoms with Crippen molar-refractivity contribution in [1.29, 1.82) is 0 Å². The predicted octanol–water partition coefficient (Wildman–Crippen LogP) is 1.58. The van der Waals surface area contributed by atoms with Gasteiger partial charge in [-0.2, -0.15) is 0 Å². The maximum Gasteiger partial charge on any atom is 0.135 e. The molecule has 2 heterocycles. The molecular formula is C13H22N4. The van der Waals surface area contributed by atoms with E-state index in [0.717, 1.165) is 49.7 Å². The number of aromatic nitrogens is 2. The van der Waals surface area contributed by atoms with Crippen molar-refractivity contribution < 1.29 is 0 Å². The summed E-state index contributed by atoms with van der Waals surface area (Å²) in [6, 6.07) is 0.361. The zero-order chi connectivity index (χ0) is 12.4. The first kappa shape index (κ1) is 12.3. The second-order valence-corrected chi connectivity index (χ2v) is 4.84. The van der Waals surface area contributed by atoms with Gasteiger partial charge in [0.25, 0.3) is 0 Å². The van der Waals surface area contributed by atoms with Crippen LogP contribution in [0.1, 0.15) is 36.8 Å². The van der Waals surface area contributed by atoms with Crippen LogP contribution in [0.15, 0.2) is 0 Å². The van der Waals surface area contributed by atoms with E-state index in [1.165, 1.54) is 5.56 Å². The van der Waals surface area contributed by atoms with Crippen molar-refractivity contribution in [3.05, 3.63) is 17.1 Å². The molecule has 0 saturated carbocycles. The van der Waals surface area contributed by atoms with Gasteiger partial charge in [-0.25, -0.2) is 9.97 Å². The second kappa shape index (κ2) is 5.00. The third-order valence-electron chi connectivity index (χ3n) is 3.50. The first-order chi connectivity index (χ1) is 8.11. The number of anilines is 1. The van der Waals surface area contributed by atoms with Crippen molar-refractivity contribution in [2.24, 2.45) is 5.73 Å². The molecule has 1 aromatic rings. The predicted molar refractivity (Wildman–Crippen MR) is 70.3 cm³/mol. The molecule has 4 heteroatoms. The molecule has 1 saturated heterocycles. The average molecular weight is 234 g/mol. The van der Waals surface area contributed by atoms with Crippen LogP contribution in [0.2, 0.25) is 0 Å². The Balaban J connectivity index is 2.30. The molecule has 0 amide bonds. The van der Waals surface area contributed by atoms with Gasteiger partial charge in [0.1, 0.15) is 11.6 Å². The molecule has 0 unspecified atom stereocenters. The van der Waals surface area contributed by atoms with Gasteiger partial charge in [-0.3, -0.25) is 0 Å². The smallest absolute Gasteiger partial charge is 0.135 e. The van der Waals surface area contributed by atoms with Crippen LogP contribution < -0.4 is 10.6 Å². The number of hydrogen-bond donors (Lipinski definition) is 1. The Hall–Kier alpha value is -1.16. The SMILES string of the molecule is CCc1c(C)nc(C)nc1N1CCC(N)CC1. The lowest BCUT2D eigenvalue weighted by Gasteiger charge is -2.32. The minimum absolute atomic E-state index is 0.361. The van der Waals surface area contributed by atoms with E-state index >= 15 is 0 Å². The number of hydrogen-bond acceptors (Lipinski definition) is 4. The highest BCUT2D eigenvalue weighted by Crippen LogP contribution is 2.24. The van der Waals surface area contributed by atoms with Crippen molar-refractivity contribution in [2.75, 3.05) is 18.0 Å². The Morgan fingerprint density at radius 1 is 1.24 bits per heavy atom. The van der Waals surface area contributed by atoms with E-state index in [9.17, 15) is 0 Å². The van der Waals surface area contributed by atoms with E-state index < -0.39 is 0 Å². The third-order valence-corrected chi connectivity index (χ3v) is 3.50. The van der Waals surface area contributed by atoms with Crippen molar-refractivity contribution in [3.8, 4) is 0 Å². The minimum Gasteiger partial charge on any atom is -0.356 e. The summed E-state index contributed by atoms with van der Waals surface area (Å²) in [7, 11) is 0. The summed E-state index contributed by atoms with van der Waals surface area (Å²) >= 11 is 0. The Bertz CT molecular complexity index is 395. The molecule has 2 rings (SSSR count). The highest BCUT2D eigenvalue weighted by molar-refractivity contribution is 5.49. The van der Waals surface area contributed by atoms with Crippen LogP contribution in [-0.4, -0.2) is 29.1 Å².